The highest BCUT2D eigenvalue weighted by Crippen LogP contribution is 2.15. The van der Waals surface area contributed by atoms with Crippen molar-refractivity contribution >= 4 is 6.03 Å². The molecule has 2 rings (SSSR count). The van der Waals surface area contributed by atoms with Crippen LogP contribution in [0.1, 0.15) is 32.4 Å². The Morgan fingerprint density at radius 3 is 2.52 bits per heavy atom. The zero-order chi connectivity index (χ0) is 16.8. The van der Waals surface area contributed by atoms with Gasteiger partial charge < -0.3 is 15.7 Å². The highest BCUT2D eigenvalue weighted by molar-refractivity contribution is 5.74. The fourth-order valence-corrected chi connectivity index (χ4v) is 2.03. The molecule has 0 saturated heterocycles. The molecule has 2 unspecified atom stereocenters. The number of benzene rings is 1. The summed E-state index contributed by atoms with van der Waals surface area (Å²) in [5.74, 6) is 0.108. The van der Waals surface area contributed by atoms with E-state index in [1.54, 1.807) is 17.1 Å². The topological polar surface area (TPSA) is 92.1 Å². The van der Waals surface area contributed by atoms with E-state index in [1.165, 1.54) is 0 Å². The summed E-state index contributed by atoms with van der Waals surface area (Å²) in [5, 5.41) is 22.9. The second-order valence-electron chi connectivity index (χ2n) is 5.83. The lowest BCUT2D eigenvalue weighted by Crippen LogP contribution is -2.41. The zero-order valence-electron chi connectivity index (χ0n) is 13.6. The Morgan fingerprint density at radius 1 is 1.26 bits per heavy atom. The van der Waals surface area contributed by atoms with E-state index in [9.17, 15) is 9.90 Å². The number of carbonyl (C=O) groups excluding carboxylic acids is 1. The van der Waals surface area contributed by atoms with E-state index < -0.39 is 6.10 Å². The van der Waals surface area contributed by atoms with E-state index in [1.807, 2.05) is 45.0 Å². The summed E-state index contributed by atoms with van der Waals surface area (Å²) in [6.07, 6.45) is 2.84. The minimum Gasteiger partial charge on any atom is -0.391 e. The van der Waals surface area contributed by atoms with Crippen LogP contribution in [0.4, 0.5) is 4.79 Å². The largest absolute Gasteiger partial charge is 0.391 e. The molecule has 1 aromatic carbocycles. The molecule has 2 amide bonds. The predicted octanol–water partition coefficient (Wildman–Crippen LogP) is 1.64. The third-order valence-corrected chi connectivity index (χ3v) is 3.67. The second-order valence-corrected chi connectivity index (χ2v) is 5.83. The molecule has 0 spiro atoms. The van der Waals surface area contributed by atoms with Crippen molar-refractivity contribution < 1.29 is 9.90 Å². The Kier molecular flexibility index (Phi) is 5.70. The Hall–Kier alpha value is -2.41. The van der Waals surface area contributed by atoms with Gasteiger partial charge in [0.1, 0.15) is 0 Å². The number of rotatable bonds is 6. The molecule has 0 aliphatic rings. The van der Waals surface area contributed by atoms with Gasteiger partial charge in [-0.2, -0.15) is 0 Å². The van der Waals surface area contributed by atoms with E-state index in [-0.39, 0.29) is 24.5 Å². The molecule has 1 heterocycles. The summed E-state index contributed by atoms with van der Waals surface area (Å²) in [5.41, 5.74) is 1.89. The van der Waals surface area contributed by atoms with Crippen molar-refractivity contribution in [1.29, 1.82) is 0 Å². The maximum absolute atomic E-state index is 11.9. The average molecular weight is 317 g/mol. The summed E-state index contributed by atoms with van der Waals surface area (Å²) < 4.78 is 1.67. The van der Waals surface area contributed by atoms with Crippen molar-refractivity contribution in [2.75, 3.05) is 6.54 Å². The number of aliphatic hydroxyl groups is 1. The van der Waals surface area contributed by atoms with Crippen molar-refractivity contribution in [2.45, 2.75) is 32.9 Å². The van der Waals surface area contributed by atoms with Gasteiger partial charge in [-0.05, 0) is 30.5 Å². The number of aliphatic hydroxyl groups excluding tert-OH is 1. The number of hydrogen-bond donors (Lipinski definition) is 3. The lowest BCUT2D eigenvalue weighted by atomic mass is 10.1. The number of aromatic nitrogens is 3. The smallest absolute Gasteiger partial charge is 0.315 e. The zero-order valence-corrected chi connectivity index (χ0v) is 13.6. The molecule has 1 aromatic heterocycles. The molecule has 2 atom stereocenters. The van der Waals surface area contributed by atoms with Gasteiger partial charge in [-0.3, -0.25) is 0 Å². The van der Waals surface area contributed by atoms with Gasteiger partial charge in [0.2, 0.25) is 0 Å². The van der Waals surface area contributed by atoms with E-state index in [0.717, 1.165) is 11.3 Å². The molecular weight excluding hydrogens is 294 g/mol. The van der Waals surface area contributed by atoms with E-state index in [2.05, 4.69) is 20.9 Å². The summed E-state index contributed by atoms with van der Waals surface area (Å²) in [4.78, 5) is 11.9. The van der Waals surface area contributed by atoms with Gasteiger partial charge >= 0.3 is 6.03 Å². The van der Waals surface area contributed by atoms with E-state index >= 15 is 0 Å². The lowest BCUT2D eigenvalue weighted by Gasteiger charge is -2.18. The van der Waals surface area contributed by atoms with Gasteiger partial charge in [-0.25, -0.2) is 9.48 Å². The first-order chi connectivity index (χ1) is 11.0. The van der Waals surface area contributed by atoms with Crippen molar-refractivity contribution in [2.24, 2.45) is 5.92 Å². The van der Waals surface area contributed by atoms with E-state index in [0.29, 0.717) is 0 Å². The quantitative estimate of drug-likeness (QED) is 0.755. The third kappa shape index (κ3) is 4.79. The van der Waals surface area contributed by atoms with Crippen molar-refractivity contribution in [3.63, 3.8) is 0 Å². The molecule has 2 aromatic rings. The van der Waals surface area contributed by atoms with Crippen LogP contribution in [0.25, 0.3) is 5.69 Å². The first-order valence-corrected chi connectivity index (χ1v) is 7.66. The second kappa shape index (κ2) is 7.73. The van der Waals surface area contributed by atoms with Crippen LogP contribution in [0, 0.1) is 5.92 Å². The van der Waals surface area contributed by atoms with Crippen molar-refractivity contribution in [1.82, 2.24) is 25.6 Å². The summed E-state index contributed by atoms with van der Waals surface area (Å²) >= 11 is 0. The van der Waals surface area contributed by atoms with Crippen molar-refractivity contribution in [3.05, 3.63) is 42.2 Å². The molecule has 0 aliphatic heterocycles. The molecular formula is C16H23N5O2. The molecule has 0 fully saturated rings. The summed E-state index contributed by atoms with van der Waals surface area (Å²) in [6.45, 7) is 5.96. The van der Waals surface area contributed by atoms with Gasteiger partial charge in [0.15, 0.2) is 0 Å². The number of nitrogens with one attached hydrogen (secondary N) is 2. The monoisotopic (exact) mass is 317 g/mol. The average Bonchev–Trinajstić information content (AvgIpc) is 3.07. The summed E-state index contributed by atoms with van der Waals surface area (Å²) in [6, 6.07) is 7.27. The lowest BCUT2D eigenvalue weighted by molar-refractivity contribution is 0.124. The Labute approximate surface area is 135 Å². The predicted molar refractivity (Wildman–Crippen MR) is 87.2 cm³/mol. The number of carbonyl (C=O) groups is 1. The third-order valence-electron chi connectivity index (χ3n) is 3.67. The van der Waals surface area contributed by atoms with Crippen LogP contribution in [0.2, 0.25) is 0 Å². The van der Waals surface area contributed by atoms with Crippen molar-refractivity contribution in [3.8, 4) is 5.69 Å². The normalized spacial score (nSPS) is 13.6. The van der Waals surface area contributed by atoms with E-state index in [4.69, 9.17) is 0 Å². The number of amides is 2. The molecule has 124 valence electrons. The van der Waals surface area contributed by atoms with Crippen LogP contribution in [0.5, 0.6) is 0 Å². The Bertz CT molecular complexity index is 610. The van der Waals surface area contributed by atoms with Gasteiger partial charge in [0, 0.05) is 6.54 Å². The standard InChI is InChI=1S/C16H23N5O2/c1-11(2)15(22)10-17-16(23)19-12(3)13-4-6-14(7-5-13)21-9-8-18-20-21/h4-9,11-12,15,22H,10H2,1-3H3,(H2,17,19,23). The Morgan fingerprint density at radius 2 is 1.96 bits per heavy atom. The fourth-order valence-electron chi connectivity index (χ4n) is 2.03. The molecule has 0 bridgehead atoms. The highest BCUT2D eigenvalue weighted by atomic mass is 16.3. The molecule has 0 radical (unpaired) electrons. The molecule has 0 saturated carbocycles. The molecule has 0 aliphatic carbocycles. The number of hydrogen-bond acceptors (Lipinski definition) is 4. The van der Waals surface area contributed by atoms with Gasteiger partial charge in [0.25, 0.3) is 0 Å². The maximum Gasteiger partial charge on any atom is 0.315 e. The van der Waals surface area contributed by atoms with Crippen LogP contribution >= 0.6 is 0 Å². The molecule has 7 heteroatoms. The minimum absolute atomic E-state index is 0.108. The van der Waals surface area contributed by atoms with Crippen LogP contribution in [0.15, 0.2) is 36.7 Å². The molecule has 23 heavy (non-hydrogen) atoms. The first-order valence-electron chi connectivity index (χ1n) is 7.66. The number of urea groups is 1. The maximum atomic E-state index is 11.9. The van der Waals surface area contributed by atoms with Gasteiger partial charge in [0.05, 0.1) is 30.2 Å². The Balaban J connectivity index is 1.88. The summed E-state index contributed by atoms with van der Waals surface area (Å²) in [7, 11) is 0. The SMILES string of the molecule is CC(NC(=O)NCC(O)C(C)C)c1ccc(-n2ccnn2)cc1. The fraction of sp³-hybridized carbons (Fsp3) is 0.438. The van der Waals surface area contributed by atoms with Gasteiger partial charge in [-0.15, -0.1) is 5.10 Å². The first kappa shape index (κ1) is 17.0. The molecule has 7 nitrogen and oxygen atoms in total. The highest BCUT2D eigenvalue weighted by Gasteiger charge is 2.13. The minimum atomic E-state index is -0.544. The van der Waals surface area contributed by atoms with Crippen LogP contribution < -0.4 is 10.6 Å². The van der Waals surface area contributed by atoms with Gasteiger partial charge in [-0.1, -0.05) is 31.2 Å². The number of nitrogens with zero attached hydrogens (tertiary/aromatic N) is 3. The molecule has 3 N–H and O–H groups in total. The van der Waals surface area contributed by atoms with Crippen LogP contribution in [-0.4, -0.2) is 38.8 Å². The van der Waals surface area contributed by atoms with Crippen LogP contribution in [-0.2, 0) is 0 Å². The van der Waals surface area contributed by atoms with Crippen LogP contribution in [0.3, 0.4) is 0 Å².